The number of hydrogen-bond donors (Lipinski definition) is 2. The minimum absolute atomic E-state index is 0.725. The molecule has 32 heavy (non-hydrogen) atoms. The Bertz CT molecular complexity index is 844. The minimum Gasteiger partial charge on any atom is -0.495 e. The van der Waals surface area contributed by atoms with Gasteiger partial charge >= 0.3 is 11.9 Å². The van der Waals surface area contributed by atoms with E-state index in [-0.39, 0.29) is 0 Å². The van der Waals surface area contributed by atoms with Gasteiger partial charge in [-0.2, -0.15) is 0 Å². The van der Waals surface area contributed by atoms with Crippen LogP contribution in [0.1, 0.15) is 18.6 Å². The van der Waals surface area contributed by atoms with Crippen LogP contribution in [0.25, 0.3) is 0 Å². The van der Waals surface area contributed by atoms with Crippen LogP contribution in [0.15, 0.2) is 47.1 Å². The van der Waals surface area contributed by atoms with Crippen molar-refractivity contribution in [1.82, 2.24) is 9.80 Å². The van der Waals surface area contributed by atoms with Gasteiger partial charge in [0.1, 0.15) is 11.5 Å². The number of piperidine rings is 1. The van der Waals surface area contributed by atoms with E-state index in [1.54, 1.807) is 13.4 Å². The van der Waals surface area contributed by atoms with Crippen molar-refractivity contribution in [2.75, 3.05) is 51.3 Å². The maximum absolute atomic E-state index is 9.10. The Morgan fingerprint density at radius 1 is 0.969 bits per heavy atom. The number of nitrogens with zero attached hydrogens (tertiary/aromatic N) is 3. The Kier molecular flexibility index (Phi) is 8.52. The van der Waals surface area contributed by atoms with Gasteiger partial charge in [-0.3, -0.25) is 9.80 Å². The molecule has 0 bridgehead atoms. The molecule has 0 atom stereocenters. The van der Waals surface area contributed by atoms with Crippen LogP contribution >= 0.6 is 0 Å². The molecule has 1 aromatic carbocycles. The van der Waals surface area contributed by atoms with Gasteiger partial charge in [0.05, 0.1) is 25.6 Å². The lowest BCUT2D eigenvalue weighted by atomic mass is 10.0. The molecule has 0 aliphatic carbocycles. The number of benzene rings is 1. The molecule has 2 aliphatic heterocycles. The monoisotopic (exact) mass is 445 g/mol. The SMILES string of the molecule is COc1ccccc1N1CCN(C2CCN(Cc3ccco3)CC2)CC1.O=C(O)C(=O)O. The van der Waals surface area contributed by atoms with E-state index in [4.69, 9.17) is 29.0 Å². The number of methoxy groups -OCH3 is 1. The zero-order chi connectivity index (χ0) is 22.9. The van der Waals surface area contributed by atoms with E-state index in [0.717, 1.165) is 63.4 Å². The predicted molar refractivity (Wildman–Crippen MR) is 119 cm³/mol. The molecular formula is C23H31N3O6. The number of furan rings is 1. The zero-order valence-corrected chi connectivity index (χ0v) is 18.4. The Hall–Kier alpha value is -3.04. The number of carboxylic acid groups (broad SMARTS) is 2. The molecule has 0 radical (unpaired) electrons. The van der Waals surface area contributed by atoms with E-state index in [1.807, 2.05) is 12.1 Å². The van der Waals surface area contributed by atoms with Crippen LogP contribution in [0.4, 0.5) is 5.69 Å². The van der Waals surface area contributed by atoms with Crippen LogP contribution in [-0.2, 0) is 16.1 Å². The fourth-order valence-electron chi connectivity index (χ4n) is 4.28. The van der Waals surface area contributed by atoms with E-state index in [2.05, 4.69) is 39.0 Å². The van der Waals surface area contributed by atoms with Crippen LogP contribution in [-0.4, -0.2) is 84.4 Å². The van der Waals surface area contributed by atoms with Crippen molar-refractivity contribution in [1.29, 1.82) is 0 Å². The van der Waals surface area contributed by atoms with Gasteiger partial charge in [0.2, 0.25) is 0 Å². The lowest BCUT2D eigenvalue weighted by molar-refractivity contribution is -0.159. The van der Waals surface area contributed by atoms with Gasteiger partial charge in [0.15, 0.2) is 0 Å². The van der Waals surface area contributed by atoms with Crippen LogP contribution in [0.2, 0.25) is 0 Å². The first-order chi connectivity index (χ1) is 15.5. The highest BCUT2D eigenvalue weighted by molar-refractivity contribution is 6.27. The number of piperazine rings is 1. The van der Waals surface area contributed by atoms with Gasteiger partial charge in [-0.05, 0) is 37.1 Å². The van der Waals surface area contributed by atoms with Gasteiger partial charge in [0.25, 0.3) is 0 Å². The molecule has 1 aromatic heterocycles. The minimum atomic E-state index is -1.82. The maximum atomic E-state index is 9.10. The van der Waals surface area contributed by atoms with Gasteiger partial charge in [-0.1, -0.05) is 12.1 Å². The first-order valence-electron chi connectivity index (χ1n) is 10.8. The summed E-state index contributed by atoms with van der Waals surface area (Å²) in [6.45, 7) is 7.71. The largest absolute Gasteiger partial charge is 0.495 e. The number of likely N-dealkylation sites (tertiary alicyclic amines) is 1. The smallest absolute Gasteiger partial charge is 0.414 e. The molecule has 9 nitrogen and oxygen atoms in total. The molecule has 3 heterocycles. The average Bonchev–Trinajstić information content (AvgIpc) is 3.33. The summed E-state index contributed by atoms with van der Waals surface area (Å²) in [5.74, 6) is -1.59. The Morgan fingerprint density at radius 2 is 1.62 bits per heavy atom. The molecule has 2 saturated heterocycles. The molecule has 2 aromatic rings. The molecule has 0 unspecified atom stereocenters. The number of ether oxygens (including phenoxy) is 1. The molecule has 2 N–H and O–H groups in total. The second-order valence-electron chi connectivity index (χ2n) is 7.89. The van der Waals surface area contributed by atoms with Crippen molar-refractivity contribution >= 4 is 17.6 Å². The van der Waals surface area contributed by atoms with Crippen molar-refractivity contribution in [2.45, 2.75) is 25.4 Å². The maximum Gasteiger partial charge on any atom is 0.414 e. The van der Waals surface area contributed by atoms with Crippen LogP contribution in [0, 0.1) is 0 Å². The van der Waals surface area contributed by atoms with Gasteiger partial charge in [-0.25, -0.2) is 9.59 Å². The molecule has 4 rings (SSSR count). The van der Waals surface area contributed by atoms with Crippen LogP contribution < -0.4 is 9.64 Å². The Morgan fingerprint density at radius 3 is 2.19 bits per heavy atom. The third-order valence-electron chi connectivity index (χ3n) is 5.96. The summed E-state index contributed by atoms with van der Waals surface area (Å²) >= 11 is 0. The number of aliphatic carboxylic acids is 2. The third-order valence-corrected chi connectivity index (χ3v) is 5.96. The fourth-order valence-corrected chi connectivity index (χ4v) is 4.28. The third kappa shape index (κ3) is 6.48. The topological polar surface area (TPSA) is 107 Å². The number of anilines is 1. The van der Waals surface area contributed by atoms with Crippen molar-refractivity contribution in [3.63, 3.8) is 0 Å². The van der Waals surface area contributed by atoms with Crippen molar-refractivity contribution in [3.8, 4) is 5.75 Å². The summed E-state index contributed by atoms with van der Waals surface area (Å²) in [4.78, 5) is 25.9. The number of carboxylic acids is 2. The highest BCUT2D eigenvalue weighted by Crippen LogP contribution is 2.29. The highest BCUT2D eigenvalue weighted by Gasteiger charge is 2.28. The Balaban J connectivity index is 0.000000427. The van der Waals surface area contributed by atoms with Crippen molar-refractivity contribution in [2.24, 2.45) is 0 Å². The summed E-state index contributed by atoms with van der Waals surface area (Å²) in [6.07, 6.45) is 4.29. The van der Waals surface area contributed by atoms with Crippen LogP contribution in [0.5, 0.6) is 5.75 Å². The van der Waals surface area contributed by atoms with Crippen molar-refractivity contribution in [3.05, 3.63) is 48.4 Å². The molecular weight excluding hydrogens is 414 g/mol. The van der Waals surface area contributed by atoms with E-state index in [1.165, 1.54) is 18.5 Å². The van der Waals surface area contributed by atoms with E-state index in [0.29, 0.717) is 0 Å². The summed E-state index contributed by atoms with van der Waals surface area (Å²) < 4.78 is 11.0. The van der Waals surface area contributed by atoms with E-state index < -0.39 is 11.9 Å². The summed E-state index contributed by atoms with van der Waals surface area (Å²) in [6, 6.07) is 13.1. The summed E-state index contributed by atoms with van der Waals surface area (Å²) in [7, 11) is 1.76. The molecule has 9 heteroatoms. The summed E-state index contributed by atoms with van der Waals surface area (Å²) in [5.41, 5.74) is 1.22. The molecule has 0 spiro atoms. The van der Waals surface area contributed by atoms with E-state index >= 15 is 0 Å². The lowest BCUT2D eigenvalue weighted by Crippen LogP contribution is -2.53. The normalized spacial score (nSPS) is 18.0. The molecule has 0 saturated carbocycles. The fraction of sp³-hybridized carbons (Fsp3) is 0.478. The van der Waals surface area contributed by atoms with E-state index in [9.17, 15) is 0 Å². The zero-order valence-electron chi connectivity index (χ0n) is 18.4. The first kappa shape index (κ1) is 23.6. The average molecular weight is 446 g/mol. The molecule has 0 amide bonds. The first-order valence-corrected chi connectivity index (χ1v) is 10.8. The summed E-state index contributed by atoms with van der Waals surface area (Å²) in [5, 5.41) is 14.8. The van der Waals surface area contributed by atoms with Gasteiger partial charge < -0.3 is 24.3 Å². The van der Waals surface area contributed by atoms with Crippen LogP contribution in [0.3, 0.4) is 0 Å². The standard InChI is InChI=1S/C21H29N3O2.C2H2O4/c1-25-21-7-3-2-6-20(21)24-14-12-23(13-15-24)18-8-10-22(11-9-18)17-19-5-4-16-26-19;3-1(4)2(5)6/h2-7,16,18H,8-15,17H2,1H3;(H,3,4)(H,5,6). The predicted octanol–water partition coefficient (Wildman–Crippen LogP) is 2.23. The van der Waals surface area contributed by atoms with Gasteiger partial charge in [0, 0.05) is 45.3 Å². The number of para-hydroxylation sites is 2. The lowest BCUT2D eigenvalue weighted by Gasteiger charge is -2.43. The second-order valence-corrected chi connectivity index (χ2v) is 7.89. The van der Waals surface area contributed by atoms with Crippen molar-refractivity contribution < 1.29 is 29.0 Å². The van der Waals surface area contributed by atoms with Gasteiger partial charge in [-0.15, -0.1) is 0 Å². The molecule has 174 valence electrons. The number of hydrogen-bond acceptors (Lipinski definition) is 7. The highest BCUT2D eigenvalue weighted by atomic mass is 16.5. The molecule has 2 aliphatic rings. The quantitative estimate of drug-likeness (QED) is 0.670. The number of carbonyl (C=O) groups is 2. The molecule has 2 fully saturated rings. The second kappa shape index (κ2) is 11.5. The number of rotatable bonds is 5. The Labute approximate surface area is 187 Å².